The van der Waals surface area contributed by atoms with Crippen molar-refractivity contribution in [1.29, 1.82) is 0 Å². The van der Waals surface area contributed by atoms with Gasteiger partial charge in [-0.2, -0.15) is 5.10 Å². The first-order valence-corrected chi connectivity index (χ1v) is 14.4. The van der Waals surface area contributed by atoms with E-state index in [-0.39, 0.29) is 18.1 Å². The first kappa shape index (κ1) is 27.2. The fourth-order valence-electron chi connectivity index (χ4n) is 5.22. The van der Waals surface area contributed by atoms with Crippen molar-refractivity contribution < 1.29 is 9.53 Å². The van der Waals surface area contributed by atoms with Crippen LogP contribution in [0.4, 0.5) is 11.4 Å². The monoisotopic (exact) mass is 578 g/mol. The average Bonchev–Trinajstić information content (AvgIpc) is 3.46. The number of nitrogens with one attached hydrogen (secondary N) is 1. The van der Waals surface area contributed by atoms with Crippen LogP contribution in [0.15, 0.2) is 80.9 Å². The molecule has 9 nitrogen and oxygen atoms in total. The lowest BCUT2D eigenvalue weighted by atomic mass is 10.0. The fourth-order valence-corrected chi connectivity index (χ4v) is 6.06. The Morgan fingerprint density at radius 2 is 1.71 bits per heavy atom. The molecule has 1 N–H and O–H groups in total. The molecule has 1 aliphatic heterocycles. The van der Waals surface area contributed by atoms with E-state index in [9.17, 15) is 9.59 Å². The second kappa shape index (κ2) is 10.8. The highest BCUT2D eigenvalue weighted by atomic mass is 32.1. The van der Waals surface area contributed by atoms with Crippen LogP contribution in [0.3, 0.4) is 0 Å². The van der Waals surface area contributed by atoms with Gasteiger partial charge in [-0.15, -0.1) is 11.3 Å². The SMILES string of the molecule is Cc1cc(C)c(C=Nn2c(-c3ccc4c(c3)NC(=O)CO4)csc2=Nc2c(C)n(C)n(-c3ccccc3)c2=O)c(C)c1. The van der Waals surface area contributed by atoms with Crippen molar-refractivity contribution in [3.05, 3.63) is 109 Å². The van der Waals surface area contributed by atoms with Crippen molar-refractivity contribution in [2.75, 3.05) is 11.9 Å². The summed E-state index contributed by atoms with van der Waals surface area (Å²) < 4.78 is 10.7. The Labute approximate surface area is 246 Å². The highest BCUT2D eigenvalue weighted by molar-refractivity contribution is 7.07. The molecule has 1 amide bonds. The predicted octanol–water partition coefficient (Wildman–Crippen LogP) is 5.39. The maximum atomic E-state index is 13.6. The van der Waals surface area contributed by atoms with E-state index < -0.39 is 0 Å². The third-order valence-electron chi connectivity index (χ3n) is 7.37. The number of carbonyl (C=O) groups is 1. The molecule has 212 valence electrons. The lowest BCUT2D eigenvalue weighted by Crippen LogP contribution is -2.25. The standard InChI is InChI=1S/C32H30N6O3S/c1-19-13-20(2)25(21(3)14-19)16-33-37-27(23-11-12-28-26(15-23)34-29(39)17-41-28)18-42-32(37)35-30-22(4)36(5)38(31(30)40)24-9-7-6-8-10-24/h6-16,18H,17H2,1-5H3,(H,34,39). The van der Waals surface area contributed by atoms with Gasteiger partial charge in [-0.25, -0.2) is 14.4 Å². The Hall–Kier alpha value is -4.96. The molecule has 10 heteroatoms. The largest absolute Gasteiger partial charge is 0.482 e. The quantitative estimate of drug-likeness (QED) is 0.284. The molecule has 3 heterocycles. The van der Waals surface area contributed by atoms with Gasteiger partial charge in [0.25, 0.3) is 11.5 Å². The normalized spacial score (nSPS) is 13.4. The summed E-state index contributed by atoms with van der Waals surface area (Å²) in [4.78, 5) is 31.0. The number of para-hydroxylation sites is 1. The molecule has 0 saturated carbocycles. The Balaban J connectivity index is 1.54. The number of anilines is 1. The van der Waals surface area contributed by atoms with Gasteiger partial charge in [-0.3, -0.25) is 14.3 Å². The Bertz CT molecular complexity index is 1990. The number of benzene rings is 3. The van der Waals surface area contributed by atoms with Crippen molar-refractivity contribution in [2.45, 2.75) is 27.7 Å². The maximum Gasteiger partial charge on any atom is 0.297 e. The summed E-state index contributed by atoms with van der Waals surface area (Å²) in [5.41, 5.74) is 8.23. The highest BCUT2D eigenvalue weighted by Crippen LogP contribution is 2.33. The van der Waals surface area contributed by atoms with Crippen molar-refractivity contribution in [3.8, 4) is 22.7 Å². The molecule has 0 unspecified atom stereocenters. The average molecular weight is 579 g/mol. The minimum atomic E-state index is -0.217. The zero-order valence-corrected chi connectivity index (χ0v) is 24.8. The molecule has 1 aliphatic rings. The second-order valence-electron chi connectivity index (χ2n) is 10.3. The Kier molecular flexibility index (Phi) is 6.99. The Morgan fingerprint density at radius 1 is 0.976 bits per heavy atom. The van der Waals surface area contributed by atoms with Crippen LogP contribution in [0.5, 0.6) is 5.75 Å². The van der Waals surface area contributed by atoms with E-state index in [1.54, 1.807) is 9.36 Å². The van der Waals surface area contributed by atoms with Gasteiger partial charge in [-0.1, -0.05) is 35.9 Å². The summed E-state index contributed by atoms with van der Waals surface area (Å²) in [7, 11) is 1.85. The summed E-state index contributed by atoms with van der Waals surface area (Å²) in [6.45, 7) is 8.08. The first-order valence-electron chi connectivity index (χ1n) is 13.5. The van der Waals surface area contributed by atoms with Gasteiger partial charge in [0.1, 0.15) is 5.75 Å². The van der Waals surface area contributed by atoms with Crippen LogP contribution in [-0.4, -0.2) is 32.8 Å². The van der Waals surface area contributed by atoms with Crippen molar-refractivity contribution in [1.82, 2.24) is 14.0 Å². The van der Waals surface area contributed by atoms with Gasteiger partial charge in [0.15, 0.2) is 12.3 Å². The van der Waals surface area contributed by atoms with Crippen molar-refractivity contribution in [3.63, 3.8) is 0 Å². The van der Waals surface area contributed by atoms with Crippen LogP contribution in [0.1, 0.15) is 27.9 Å². The molecule has 5 aromatic rings. The molecule has 42 heavy (non-hydrogen) atoms. The summed E-state index contributed by atoms with van der Waals surface area (Å²) in [6.07, 6.45) is 1.84. The number of rotatable bonds is 5. The molecule has 0 atom stereocenters. The number of aryl methyl sites for hydroxylation is 3. The number of hydrogen-bond donors (Lipinski definition) is 1. The van der Waals surface area contributed by atoms with E-state index in [1.807, 2.05) is 78.8 Å². The molecule has 6 rings (SSSR count). The highest BCUT2D eigenvalue weighted by Gasteiger charge is 2.19. The van der Waals surface area contributed by atoms with Crippen LogP contribution in [0.25, 0.3) is 16.9 Å². The zero-order valence-electron chi connectivity index (χ0n) is 24.0. The van der Waals surface area contributed by atoms with Gasteiger partial charge in [0, 0.05) is 23.6 Å². The predicted molar refractivity (Wildman–Crippen MR) is 166 cm³/mol. The fraction of sp³-hybridized carbons (Fsp3) is 0.188. The van der Waals surface area contributed by atoms with E-state index in [1.165, 1.54) is 16.9 Å². The Morgan fingerprint density at radius 3 is 2.45 bits per heavy atom. The lowest BCUT2D eigenvalue weighted by Gasteiger charge is -2.18. The summed E-state index contributed by atoms with van der Waals surface area (Å²) in [5.74, 6) is 0.409. The topological polar surface area (TPSA) is 94.9 Å². The lowest BCUT2D eigenvalue weighted by molar-refractivity contribution is -0.118. The molecular formula is C32H30N6O3S. The number of fused-ring (bicyclic) bond motifs is 1. The van der Waals surface area contributed by atoms with Crippen molar-refractivity contribution in [2.24, 2.45) is 17.1 Å². The van der Waals surface area contributed by atoms with Crippen LogP contribution in [0, 0.1) is 27.7 Å². The number of amides is 1. The van der Waals surface area contributed by atoms with E-state index in [0.29, 0.717) is 21.9 Å². The number of carbonyl (C=O) groups excluding carboxylic acids is 1. The third kappa shape index (κ3) is 4.90. The molecule has 0 aliphatic carbocycles. The minimum Gasteiger partial charge on any atom is -0.482 e. The minimum absolute atomic E-state index is 0.00962. The summed E-state index contributed by atoms with van der Waals surface area (Å²) in [5, 5.41) is 9.73. The van der Waals surface area contributed by atoms with Crippen LogP contribution >= 0.6 is 11.3 Å². The van der Waals surface area contributed by atoms with Gasteiger partial charge >= 0.3 is 0 Å². The molecule has 0 radical (unpaired) electrons. The molecule has 0 spiro atoms. The molecule has 0 saturated heterocycles. The van der Waals surface area contributed by atoms with Crippen LogP contribution < -0.4 is 20.4 Å². The maximum absolute atomic E-state index is 13.6. The van der Waals surface area contributed by atoms with Crippen LogP contribution in [-0.2, 0) is 11.8 Å². The van der Waals surface area contributed by atoms with Gasteiger partial charge in [0.2, 0.25) is 4.80 Å². The van der Waals surface area contributed by atoms with Gasteiger partial charge in [0.05, 0.1) is 29.0 Å². The second-order valence-corrected chi connectivity index (χ2v) is 11.2. The van der Waals surface area contributed by atoms with Crippen LogP contribution in [0.2, 0.25) is 0 Å². The number of nitrogens with zero attached hydrogens (tertiary/aromatic N) is 5. The first-order chi connectivity index (χ1) is 20.2. The number of aromatic nitrogens is 3. The zero-order chi connectivity index (χ0) is 29.5. The molecule has 3 aromatic carbocycles. The number of hydrogen-bond acceptors (Lipinski definition) is 6. The summed E-state index contributed by atoms with van der Waals surface area (Å²) >= 11 is 1.38. The third-order valence-corrected chi connectivity index (χ3v) is 8.18. The van der Waals surface area contributed by atoms with Gasteiger partial charge in [-0.05, 0) is 69.2 Å². The van der Waals surface area contributed by atoms with Crippen molar-refractivity contribution >= 4 is 34.8 Å². The number of thiazole rings is 1. The summed E-state index contributed by atoms with van der Waals surface area (Å²) in [6, 6.07) is 19.4. The van der Waals surface area contributed by atoms with E-state index in [4.69, 9.17) is 14.8 Å². The molecule has 2 aromatic heterocycles. The van der Waals surface area contributed by atoms with E-state index >= 15 is 0 Å². The molecule has 0 fully saturated rings. The smallest absolute Gasteiger partial charge is 0.297 e. The number of ether oxygens (including phenoxy) is 1. The molecular weight excluding hydrogens is 548 g/mol. The van der Waals surface area contributed by atoms with E-state index in [0.717, 1.165) is 39.3 Å². The molecule has 0 bridgehead atoms. The van der Waals surface area contributed by atoms with E-state index in [2.05, 4.69) is 38.2 Å². The van der Waals surface area contributed by atoms with Gasteiger partial charge < -0.3 is 10.1 Å².